The maximum absolute atomic E-state index is 10.3. The molecule has 1 aromatic rings. The van der Waals surface area contributed by atoms with E-state index < -0.39 is 4.92 Å². The number of nitro groups is 1. The van der Waals surface area contributed by atoms with Crippen LogP contribution in [0.3, 0.4) is 0 Å². The van der Waals surface area contributed by atoms with Crippen molar-refractivity contribution >= 4 is 11.4 Å². The molecule has 0 aromatic heterocycles. The molecule has 3 N–H and O–H groups in total. The van der Waals surface area contributed by atoms with E-state index >= 15 is 0 Å². The third kappa shape index (κ3) is 1.49. The van der Waals surface area contributed by atoms with Gasteiger partial charge in [-0.05, 0) is 0 Å². The van der Waals surface area contributed by atoms with Crippen LogP contribution >= 0.6 is 0 Å². The number of hydrogen-bond acceptors (Lipinski definition) is 5. The summed E-state index contributed by atoms with van der Waals surface area (Å²) >= 11 is 0. The average Bonchev–Trinajstić information content (AvgIpc) is 2.03. The Kier molecular flexibility index (Phi) is 2.02. The van der Waals surface area contributed by atoms with Gasteiger partial charge in [-0.3, -0.25) is 10.1 Å². The van der Waals surface area contributed by atoms with Gasteiger partial charge in [-0.1, -0.05) is 0 Å². The first kappa shape index (κ1) is 8.80. The van der Waals surface area contributed by atoms with Crippen LogP contribution in [0.4, 0.5) is 11.4 Å². The molecule has 0 spiro atoms. The summed E-state index contributed by atoms with van der Waals surface area (Å²) in [6.07, 6.45) is 0. The number of nitrogens with zero attached hydrogens (tertiary/aromatic N) is 2. The fourth-order valence-electron chi connectivity index (χ4n) is 0.841. The summed E-state index contributed by atoms with van der Waals surface area (Å²) < 4.78 is 0. The maximum Gasteiger partial charge on any atom is 0.293 e. The second-order valence-electron chi connectivity index (χ2n) is 2.30. The highest BCUT2D eigenvalue weighted by atomic mass is 16.6. The lowest BCUT2D eigenvalue weighted by molar-refractivity contribution is -0.383. The van der Waals surface area contributed by atoms with Gasteiger partial charge in [0.2, 0.25) is 0 Å². The molecular formula is C7H5N3O3. The van der Waals surface area contributed by atoms with Crippen LogP contribution in [-0.4, -0.2) is 10.0 Å². The highest BCUT2D eigenvalue weighted by Gasteiger charge is 2.15. The minimum Gasteiger partial charge on any atom is -0.506 e. The lowest BCUT2D eigenvalue weighted by Gasteiger charge is -1.99. The van der Waals surface area contributed by atoms with E-state index in [2.05, 4.69) is 0 Å². The Morgan fingerprint density at radius 1 is 1.62 bits per heavy atom. The van der Waals surface area contributed by atoms with Crippen LogP contribution < -0.4 is 5.73 Å². The van der Waals surface area contributed by atoms with Crippen molar-refractivity contribution in [1.29, 1.82) is 5.26 Å². The summed E-state index contributed by atoms with van der Waals surface area (Å²) in [5.74, 6) is -0.356. The summed E-state index contributed by atoms with van der Waals surface area (Å²) in [7, 11) is 0. The Bertz CT molecular complexity index is 408. The monoisotopic (exact) mass is 179 g/mol. The second kappa shape index (κ2) is 2.98. The number of rotatable bonds is 1. The molecule has 0 saturated heterocycles. The van der Waals surface area contributed by atoms with E-state index in [4.69, 9.17) is 16.1 Å². The minimum absolute atomic E-state index is 0.165. The van der Waals surface area contributed by atoms with Crippen molar-refractivity contribution in [3.63, 3.8) is 0 Å². The summed E-state index contributed by atoms with van der Waals surface area (Å²) in [4.78, 5) is 9.62. The summed E-state index contributed by atoms with van der Waals surface area (Å²) in [6.45, 7) is 0. The standard InChI is InChI=1S/C7H5N3O3/c8-3-4-1-6(10(12)13)5(9)2-7(4)11/h1-2,11H,9H2. The van der Waals surface area contributed by atoms with Crippen molar-refractivity contribution in [3.05, 3.63) is 27.8 Å². The number of phenols is 1. The van der Waals surface area contributed by atoms with Crippen LogP contribution in [0.1, 0.15) is 5.56 Å². The first-order valence-electron chi connectivity index (χ1n) is 3.23. The normalized spacial score (nSPS) is 9.15. The van der Waals surface area contributed by atoms with Crippen molar-refractivity contribution in [1.82, 2.24) is 0 Å². The van der Waals surface area contributed by atoms with E-state index in [9.17, 15) is 10.1 Å². The Morgan fingerprint density at radius 2 is 2.23 bits per heavy atom. The Labute approximate surface area is 73.0 Å². The molecule has 0 heterocycles. The Balaban J connectivity index is 3.41. The highest BCUT2D eigenvalue weighted by Crippen LogP contribution is 2.28. The fourth-order valence-corrected chi connectivity index (χ4v) is 0.841. The van der Waals surface area contributed by atoms with Gasteiger partial charge in [-0.2, -0.15) is 5.26 Å². The van der Waals surface area contributed by atoms with Gasteiger partial charge >= 0.3 is 0 Å². The molecule has 13 heavy (non-hydrogen) atoms. The van der Waals surface area contributed by atoms with E-state index in [0.29, 0.717) is 0 Å². The van der Waals surface area contributed by atoms with Crippen molar-refractivity contribution in [3.8, 4) is 11.8 Å². The molecule has 0 atom stereocenters. The molecule has 6 nitrogen and oxygen atoms in total. The van der Waals surface area contributed by atoms with Gasteiger partial charge < -0.3 is 10.8 Å². The number of benzene rings is 1. The van der Waals surface area contributed by atoms with E-state index in [1.54, 1.807) is 6.07 Å². The molecule has 1 aromatic carbocycles. The van der Waals surface area contributed by atoms with Crippen LogP contribution in [-0.2, 0) is 0 Å². The van der Waals surface area contributed by atoms with Crippen LogP contribution in [0.25, 0.3) is 0 Å². The van der Waals surface area contributed by atoms with Gasteiger partial charge in [0.25, 0.3) is 5.69 Å². The first-order valence-corrected chi connectivity index (χ1v) is 3.23. The third-order valence-electron chi connectivity index (χ3n) is 1.46. The molecule has 0 aliphatic carbocycles. The van der Waals surface area contributed by atoms with Crippen LogP contribution in [0, 0.1) is 21.4 Å². The highest BCUT2D eigenvalue weighted by molar-refractivity contribution is 5.65. The summed E-state index contributed by atoms with van der Waals surface area (Å²) in [5.41, 5.74) is 4.52. The molecular weight excluding hydrogens is 174 g/mol. The van der Waals surface area contributed by atoms with Gasteiger partial charge in [0.15, 0.2) is 0 Å². The average molecular weight is 179 g/mol. The molecule has 1 rings (SSSR count). The molecule has 6 heteroatoms. The third-order valence-corrected chi connectivity index (χ3v) is 1.46. The molecule has 0 aliphatic heterocycles. The number of phenolic OH excluding ortho intramolecular Hbond substituents is 1. The number of nitrogens with two attached hydrogens (primary N) is 1. The summed E-state index contributed by atoms with van der Waals surface area (Å²) in [6, 6.07) is 3.53. The largest absolute Gasteiger partial charge is 0.506 e. The second-order valence-corrected chi connectivity index (χ2v) is 2.30. The van der Waals surface area contributed by atoms with E-state index in [1.165, 1.54) is 0 Å². The quantitative estimate of drug-likeness (QED) is 0.375. The van der Waals surface area contributed by atoms with Crippen molar-refractivity contribution in [2.24, 2.45) is 0 Å². The summed E-state index contributed by atoms with van der Waals surface area (Å²) in [5, 5.41) is 27.9. The molecule has 0 radical (unpaired) electrons. The number of nitrogen functional groups attached to an aromatic ring is 1. The van der Waals surface area contributed by atoms with Gasteiger partial charge in [0.1, 0.15) is 23.1 Å². The molecule has 0 aliphatic rings. The predicted molar refractivity (Wildman–Crippen MR) is 43.9 cm³/mol. The number of aromatic hydroxyl groups is 1. The van der Waals surface area contributed by atoms with Crippen molar-refractivity contribution < 1.29 is 10.0 Å². The predicted octanol–water partition coefficient (Wildman–Crippen LogP) is 0.754. The zero-order chi connectivity index (χ0) is 10.0. The lowest BCUT2D eigenvalue weighted by Crippen LogP contribution is -1.96. The number of nitro benzene ring substituents is 1. The van der Waals surface area contributed by atoms with Gasteiger partial charge in [-0.15, -0.1) is 0 Å². The van der Waals surface area contributed by atoms with Crippen molar-refractivity contribution in [2.75, 3.05) is 5.73 Å². The molecule has 0 fully saturated rings. The van der Waals surface area contributed by atoms with E-state index in [0.717, 1.165) is 12.1 Å². The molecule has 0 unspecified atom stereocenters. The van der Waals surface area contributed by atoms with Crippen LogP contribution in [0.5, 0.6) is 5.75 Å². The lowest BCUT2D eigenvalue weighted by atomic mass is 10.1. The SMILES string of the molecule is N#Cc1cc([N+](=O)[O-])c(N)cc1O. The molecule has 0 amide bonds. The fraction of sp³-hybridized carbons (Fsp3) is 0. The molecule has 0 bridgehead atoms. The zero-order valence-corrected chi connectivity index (χ0v) is 6.39. The van der Waals surface area contributed by atoms with Gasteiger partial charge in [0, 0.05) is 12.1 Å². The zero-order valence-electron chi connectivity index (χ0n) is 6.39. The Hall–Kier alpha value is -2.29. The maximum atomic E-state index is 10.3. The Morgan fingerprint density at radius 3 is 2.69 bits per heavy atom. The smallest absolute Gasteiger partial charge is 0.293 e. The van der Waals surface area contributed by atoms with Gasteiger partial charge in [-0.25, -0.2) is 0 Å². The van der Waals surface area contributed by atoms with E-state index in [1.807, 2.05) is 0 Å². The molecule has 0 saturated carbocycles. The minimum atomic E-state index is -0.713. The first-order chi connectivity index (χ1) is 6.06. The van der Waals surface area contributed by atoms with Crippen molar-refractivity contribution in [2.45, 2.75) is 0 Å². The topological polar surface area (TPSA) is 113 Å². The number of nitriles is 1. The van der Waals surface area contributed by atoms with Crippen LogP contribution in [0.2, 0.25) is 0 Å². The number of hydrogen-bond donors (Lipinski definition) is 2. The number of anilines is 1. The van der Waals surface area contributed by atoms with Gasteiger partial charge in [0.05, 0.1) is 4.92 Å². The van der Waals surface area contributed by atoms with Crippen LogP contribution in [0.15, 0.2) is 12.1 Å². The molecule has 66 valence electrons. The van der Waals surface area contributed by atoms with E-state index in [-0.39, 0.29) is 22.7 Å².